The monoisotopic (exact) mass is 458 g/mol. The number of hydrogen-bond acceptors (Lipinski definition) is 3. The van der Waals surface area contributed by atoms with Gasteiger partial charge in [-0.2, -0.15) is 8.42 Å². The number of hydrogen-bond donors (Lipinski definition) is 0. The predicted molar refractivity (Wildman–Crippen MR) is 114 cm³/mol. The van der Waals surface area contributed by atoms with Gasteiger partial charge in [-0.05, 0) is 36.6 Å². The Balaban J connectivity index is 2.30. The van der Waals surface area contributed by atoms with Crippen molar-refractivity contribution in [3.8, 4) is 0 Å². The van der Waals surface area contributed by atoms with Crippen LogP contribution < -0.4 is 0 Å². The zero-order valence-corrected chi connectivity index (χ0v) is 19.4. The average molecular weight is 460 g/mol. The summed E-state index contributed by atoms with van der Waals surface area (Å²) < 4.78 is 29.5. The van der Waals surface area contributed by atoms with Gasteiger partial charge in [0.25, 0.3) is 10.1 Å². The first kappa shape index (κ1) is 24.3. The van der Waals surface area contributed by atoms with Crippen LogP contribution in [0.25, 0.3) is 0 Å². The van der Waals surface area contributed by atoms with Crippen LogP contribution in [0.4, 0.5) is 0 Å². The minimum Gasteiger partial charge on any atom is -0.266 e. The molecule has 3 nitrogen and oxygen atoms in total. The highest BCUT2D eigenvalue weighted by Crippen LogP contribution is 2.27. The fourth-order valence-corrected chi connectivity index (χ4v) is 4.95. The molecule has 1 rings (SSSR count). The summed E-state index contributed by atoms with van der Waals surface area (Å²) in [6, 6.07) is 4.46. The third-order valence-electron chi connectivity index (χ3n) is 4.15. The minimum atomic E-state index is -3.69. The van der Waals surface area contributed by atoms with Crippen molar-refractivity contribution in [3.63, 3.8) is 0 Å². The fourth-order valence-electron chi connectivity index (χ4n) is 2.58. The lowest BCUT2D eigenvalue weighted by molar-refractivity contribution is 0.306. The van der Waals surface area contributed by atoms with Crippen LogP contribution in [0.2, 0.25) is 6.04 Å². The lowest BCUT2D eigenvalue weighted by Gasteiger charge is -2.09. The Morgan fingerprint density at radius 1 is 0.885 bits per heavy atom. The van der Waals surface area contributed by atoms with Gasteiger partial charge in [-0.1, -0.05) is 64.0 Å². The van der Waals surface area contributed by atoms with Gasteiger partial charge in [-0.15, -0.1) is 33.2 Å². The summed E-state index contributed by atoms with van der Waals surface area (Å²) >= 11 is 17.6. The van der Waals surface area contributed by atoms with E-state index in [-0.39, 0.29) is 11.5 Å². The summed E-state index contributed by atoms with van der Waals surface area (Å²) in [5.41, 5.74) is 0.950. The molecular formula is C18H29Cl3O3SSi. The molecule has 0 heterocycles. The topological polar surface area (TPSA) is 43.4 Å². The van der Waals surface area contributed by atoms with Crippen LogP contribution in [0.15, 0.2) is 29.2 Å². The molecule has 8 heteroatoms. The Morgan fingerprint density at radius 2 is 1.42 bits per heavy atom. The predicted octanol–water partition coefficient (Wildman–Crippen LogP) is 6.73. The van der Waals surface area contributed by atoms with Gasteiger partial charge in [-0.25, -0.2) is 0 Å². The van der Waals surface area contributed by atoms with Crippen molar-refractivity contribution in [1.29, 1.82) is 0 Å². The molecule has 1 aromatic carbocycles. The number of aryl methyl sites for hydroxylation is 1. The molecule has 0 bridgehead atoms. The standard InChI is InChI=1S/C18H29Cl3O3SSi/c1-2-3-4-5-6-7-8-9-15-24-25(22,23)18-12-10-17(11-13-18)14-16-26(19,20)21/h10-13H,2-9,14-16H2,1H3. The molecule has 0 radical (unpaired) electrons. The van der Waals surface area contributed by atoms with Gasteiger partial charge < -0.3 is 0 Å². The van der Waals surface area contributed by atoms with Gasteiger partial charge in [0, 0.05) is 0 Å². The molecule has 150 valence electrons. The maximum atomic E-state index is 12.2. The smallest absolute Gasteiger partial charge is 0.266 e. The molecule has 26 heavy (non-hydrogen) atoms. The molecule has 0 fully saturated rings. The van der Waals surface area contributed by atoms with Crippen molar-refractivity contribution in [1.82, 2.24) is 0 Å². The zero-order chi connectivity index (χ0) is 19.5. The first-order valence-corrected chi connectivity index (χ1v) is 15.9. The highest BCUT2D eigenvalue weighted by atomic mass is 35.8. The van der Waals surface area contributed by atoms with Gasteiger partial charge in [0.05, 0.1) is 11.5 Å². The van der Waals surface area contributed by atoms with Crippen LogP contribution in [0, 0.1) is 0 Å². The molecule has 0 aromatic heterocycles. The SMILES string of the molecule is CCCCCCCCCCOS(=O)(=O)c1ccc(CC[Si](Cl)(Cl)Cl)cc1. The quantitative estimate of drug-likeness (QED) is 0.134. The van der Waals surface area contributed by atoms with Crippen LogP contribution in [0.1, 0.15) is 63.9 Å². The lowest BCUT2D eigenvalue weighted by Crippen LogP contribution is -2.10. The summed E-state index contributed by atoms with van der Waals surface area (Å²) in [6.45, 7) is 2.44. The number of halogens is 3. The average Bonchev–Trinajstić information content (AvgIpc) is 2.58. The molecule has 0 aliphatic rings. The lowest BCUT2D eigenvalue weighted by atomic mass is 10.1. The van der Waals surface area contributed by atoms with E-state index in [1.165, 1.54) is 32.1 Å². The van der Waals surface area contributed by atoms with E-state index in [0.717, 1.165) is 24.8 Å². The first-order chi connectivity index (χ1) is 12.2. The molecule has 1 aromatic rings. The molecule has 0 N–H and O–H groups in total. The van der Waals surface area contributed by atoms with E-state index < -0.39 is 16.1 Å². The Hall–Kier alpha value is 0.217. The van der Waals surface area contributed by atoms with E-state index in [4.69, 9.17) is 37.4 Å². The normalized spacial score (nSPS) is 12.5. The second kappa shape index (κ2) is 12.6. The van der Waals surface area contributed by atoms with Crippen molar-refractivity contribution in [2.24, 2.45) is 0 Å². The van der Waals surface area contributed by atoms with Crippen molar-refractivity contribution >= 4 is 49.4 Å². The molecule has 0 aliphatic carbocycles. The Kier molecular flexibility index (Phi) is 11.8. The molecular weight excluding hydrogens is 431 g/mol. The van der Waals surface area contributed by atoms with Crippen LogP contribution in [-0.2, 0) is 20.7 Å². The van der Waals surface area contributed by atoms with Crippen molar-refractivity contribution in [3.05, 3.63) is 29.8 Å². The largest absolute Gasteiger partial charge is 0.341 e. The maximum Gasteiger partial charge on any atom is 0.341 e. The Morgan fingerprint density at radius 3 is 1.96 bits per heavy atom. The number of unbranched alkanes of at least 4 members (excludes halogenated alkanes) is 7. The highest BCUT2D eigenvalue weighted by Gasteiger charge is 2.24. The van der Waals surface area contributed by atoms with Gasteiger partial charge >= 0.3 is 6.00 Å². The van der Waals surface area contributed by atoms with E-state index in [2.05, 4.69) is 6.92 Å². The summed E-state index contributed by atoms with van der Waals surface area (Å²) in [5, 5.41) is 0. The molecule has 0 atom stereocenters. The molecule has 0 spiro atoms. The Labute approximate surface area is 173 Å². The second-order valence-corrected chi connectivity index (χ2v) is 17.4. The fraction of sp³-hybridized carbons (Fsp3) is 0.667. The van der Waals surface area contributed by atoms with Gasteiger partial charge in [0.1, 0.15) is 0 Å². The summed E-state index contributed by atoms with van der Waals surface area (Å²) in [4.78, 5) is 0.173. The Bertz CT molecular complexity index is 601. The molecule has 0 saturated heterocycles. The molecule has 0 amide bonds. The van der Waals surface area contributed by atoms with E-state index in [9.17, 15) is 8.42 Å². The van der Waals surface area contributed by atoms with Crippen molar-refractivity contribution < 1.29 is 12.6 Å². The molecule has 0 aliphatic heterocycles. The molecule has 0 unspecified atom stereocenters. The maximum absolute atomic E-state index is 12.2. The van der Waals surface area contributed by atoms with Crippen LogP contribution in [-0.4, -0.2) is 21.0 Å². The summed E-state index contributed by atoms with van der Waals surface area (Å²) in [6.07, 6.45) is 9.84. The van der Waals surface area contributed by atoms with E-state index in [1.54, 1.807) is 24.3 Å². The second-order valence-electron chi connectivity index (χ2n) is 6.51. The minimum absolute atomic E-state index is 0.173. The summed E-state index contributed by atoms with van der Waals surface area (Å²) in [5.74, 6) is 0. The van der Waals surface area contributed by atoms with Gasteiger partial charge in [-0.3, -0.25) is 4.18 Å². The summed E-state index contributed by atoms with van der Waals surface area (Å²) in [7, 11) is -3.69. The number of rotatable bonds is 14. The van der Waals surface area contributed by atoms with Crippen LogP contribution in [0.3, 0.4) is 0 Å². The third kappa shape index (κ3) is 11.1. The number of benzene rings is 1. The highest BCUT2D eigenvalue weighted by molar-refractivity contribution is 7.86. The van der Waals surface area contributed by atoms with E-state index in [0.29, 0.717) is 12.5 Å². The van der Waals surface area contributed by atoms with Crippen LogP contribution >= 0.6 is 33.2 Å². The zero-order valence-electron chi connectivity index (χ0n) is 15.4. The van der Waals surface area contributed by atoms with Crippen molar-refractivity contribution in [2.75, 3.05) is 6.61 Å². The van der Waals surface area contributed by atoms with Crippen molar-refractivity contribution in [2.45, 2.75) is 75.7 Å². The first-order valence-electron chi connectivity index (χ1n) is 9.30. The molecule has 0 saturated carbocycles. The van der Waals surface area contributed by atoms with Gasteiger partial charge in [0.2, 0.25) is 0 Å². The third-order valence-corrected chi connectivity index (χ3v) is 7.99. The van der Waals surface area contributed by atoms with E-state index >= 15 is 0 Å². The van der Waals surface area contributed by atoms with Gasteiger partial charge in [0.15, 0.2) is 0 Å². The van der Waals surface area contributed by atoms with Crippen LogP contribution in [0.5, 0.6) is 0 Å². The van der Waals surface area contributed by atoms with E-state index in [1.807, 2.05) is 0 Å².